The van der Waals surface area contributed by atoms with Crippen LogP contribution >= 0.6 is 0 Å². The normalized spacial score (nSPS) is 21.9. The molecule has 1 aliphatic rings. The van der Waals surface area contributed by atoms with Crippen LogP contribution in [0, 0.1) is 5.41 Å². The summed E-state index contributed by atoms with van der Waals surface area (Å²) < 4.78 is 0. The molecule has 6 heteroatoms. The summed E-state index contributed by atoms with van der Waals surface area (Å²) in [6.45, 7) is 16.0. The Labute approximate surface area is 148 Å². The molecule has 0 aromatic rings. The first kappa shape index (κ1) is 21.2. The van der Waals surface area contributed by atoms with Crippen LogP contribution in [-0.2, 0) is 0 Å². The Bertz CT molecular complexity index is 418. The second-order valence-corrected chi connectivity index (χ2v) is 8.99. The number of rotatable bonds is 6. The molecule has 2 atom stereocenters. The highest BCUT2D eigenvalue weighted by atomic mass is 16.3. The summed E-state index contributed by atoms with van der Waals surface area (Å²) >= 11 is 0. The fourth-order valence-electron chi connectivity index (χ4n) is 3.44. The number of piperazine rings is 1. The molecule has 0 aliphatic carbocycles. The summed E-state index contributed by atoms with van der Waals surface area (Å²) in [6.07, 6.45) is 0. The summed E-state index contributed by atoms with van der Waals surface area (Å²) in [4.78, 5) is 19.0. The second-order valence-electron chi connectivity index (χ2n) is 8.99. The Hall–Kier alpha value is -0.850. The number of carbonyl (C=O) groups is 1. The Morgan fingerprint density at radius 2 is 1.88 bits per heavy atom. The Morgan fingerprint density at radius 3 is 2.33 bits per heavy atom. The number of amides is 2. The highest BCUT2D eigenvalue weighted by Crippen LogP contribution is 2.22. The molecule has 0 unspecified atom stereocenters. The van der Waals surface area contributed by atoms with E-state index >= 15 is 0 Å². The molecular formula is C18H38N4O2. The zero-order valence-corrected chi connectivity index (χ0v) is 16.9. The zero-order chi connectivity index (χ0) is 18.7. The van der Waals surface area contributed by atoms with Gasteiger partial charge in [0.05, 0.1) is 5.60 Å². The van der Waals surface area contributed by atoms with Crippen molar-refractivity contribution in [2.45, 2.75) is 59.2 Å². The van der Waals surface area contributed by atoms with Gasteiger partial charge in [-0.05, 0) is 47.2 Å². The van der Waals surface area contributed by atoms with Crippen molar-refractivity contribution in [3.8, 4) is 0 Å². The standard InChI is InChI=1S/C18H38N4O2/c1-14-11-21(13-18(5,6)24)9-10-22(14)16(23)19-15(2)17(3,4)12-20(7)8/h14-15,24H,9-13H2,1-8H3,(H,19,23)/t14-,15-/m1/s1. The summed E-state index contributed by atoms with van der Waals surface area (Å²) in [5.41, 5.74) is -0.694. The Kier molecular flexibility index (Phi) is 7.08. The molecule has 1 rings (SSSR count). The molecule has 24 heavy (non-hydrogen) atoms. The van der Waals surface area contributed by atoms with Crippen molar-refractivity contribution in [1.82, 2.24) is 20.0 Å². The molecule has 0 aromatic heterocycles. The van der Waals surface area contributed by atoms with Crippen LogP contribution in [0.2, 0.25) is 0 Å². The van der Waals surface area contributed by atoms with Crippen molar-refractivity contribution in [2.24, 2.45) is 5.41 Å². The van der Waals surface area contributed by atoms with Crippen LogP contribution in [-0.4, -0.2) is 90.3 Å². The van der Waals surface area contributed by atoms with E-state index in [0.29, 0.717) is 13.1 Å². The fourth-order valence-corrected chi connectivity index (χ4v) is 3.44. The highest BCUT2D eigenvalue weighted by Gasteiger charge is 2.33. The molecular weight excluding hydrogens is 304 g/mol. The molecule has 2 N–H and O–H groups in total. The highest BCUT2D eigenvalue weighted by molar-refractivity contribution is 5.75. The Balaban J connectivity index is 2.57. The Morgan fingerprint density at radius 1 is 1.29 bits per heavy atom. The summed E-state index contributed by atoms with van der Waals surface area (Å²) in [6, 6.07) is 0.254. The lowest BCUT2D eigenvalue weighted by atomic mass is 9.85. The van der Waals surface area contributed by atoms with Gasteiger partial charge in [-0.2, -0.15) is 0 Å². The number of nitrogens with zero attached hydrogens (tertiary/aromatic N) is 3. The minimum Gasteiger partial charge on any atom is -0.389 e. The number of hydrogen-bond acceptors (Lipinski definition) is 4. The molecule has 6 nitrogen and oxygen atoms in total. The number of carbonyl (C=O) groups excluding carboxylic acids is 1. The zero-order valence-electron chi connectivity index (χ0n) is 16.9. The van der Waals surface area contributed by atoms with Crippen LogP contribution in [0.25, 0.3) is 0 Å². The van der Waals surface area contributed by atoms with Gasteiger partial charge in [0.15, 0.2) is 0 Å². The lowest BCUT2D eigenvalue weighted by Gasteiger charge is -2.43. The van der Waals surface area contributed by atoms with E-state index in [2.05, 4.69) is 56.9 Å². The minimum atomic E-state index is -0.700. The summed E-state index contributed by atoms with van der Waals surface area (Å²) in [5, 5.41) is 13.2. The molecule has 0 saturated carbocycles. The van der Waals surface area contributed by atoms with Crippen LogP contribution in [0.4, 0.5) is 4.79 Å². The molecule has 2 amide bonds. The van der Waals surface area contributed by atoms with Gasteiger partial charge in [0.1, 0.15) is 0 Å². The van der Waals surface area contributed by atoms with Crippen molar-refractivity contribution in [3.05, 3.63) is 0 Å². The van der Waals surface area contributed by atoms with Crippen molar-refractivity contribution in [3.63, 3.8) is 0 Å². The van der Waals surface area contributed by atoms with Crippen LogP contribution < -0.4 is 5.32 Å². The SMILES string of the molecule is C[C@@H]1CN(CC(C)(C)O)CCN1C(=O)N[C@H](C)C(C)(C)CN(C)C. The van der Waals surface area contributed by atoms with Crippen LogP contribution in [0.5, 0.6) is 0 Å². The fraction of sp³-hybridized carbons (Fsp3) is 0.944. The van der Waals surface area contributed by atoms with Crippen molar-refractivity contribution in [2.75, 3.05) is 46.8 Å². The maximum absolute atomic E-state index is 12.7. The maximum atomic E-state index is 12.7. The van der Waals surface area contributed by atoms with E-state index in [1.807, 2.05) is 18.7 Å². The monoisotopic (exact) mass is 342 g/mol. The van der Waals surface area contributed by atoms with Crippen molar-refractivity contribution < 1.29 is 9.90 Å². The quantitative estimate of drug-likeness (QED) is 0.767. The van der Waals surface area contributed by atoms with E-state index in [-0.39, 0.29) is 23.5 Å². The van der Waals surface area contributed by atoms with E-state index in [4.69, 9.17) is 0 Å². The molecule has 1 aliphatic heterocycles. The van der Waals surface area contributed by atoms with Gasteiger partial charge < -0.3 is 20.2 Å². The molecule has 0 aromatic carbocycles. The average molecular weight is 343 g/mol. The van der Waals surface area contributed by atoms with Crippen LogP contribution in [0.1, 0.15) is 41.5 Å². The predicted octanol–water partition coefficient (Wildman–Crippen LogP) is 1.45. The lowest BCUT2D eigenvalue weighted by molar-refractivity contribution is 0.0113. The smallest absolute Gasteiger partial charge is 0.317 e. The first-order valence-electron chi connectivity index (χ1n) is 8.98. The van der Waals surface area contributed by atoms with E-state index in [0.717, 1.165) is 19.6 Å². The van der Waals surface area contributed by atoms with Gasteiger partial charge >= 0.3 is 6.03 Å². The van der Waals surface area contributed by atoms with Crippen LogP contribution in [0.15, 0.2) is 0 Å². The second kappa shape index (κ2) is 8.02. The van der Waals surface area contributed by atoms with Gasteiger partial charge in [-0.3, -0.25) is 4.90 Å². The van der Waals surface area contributed by atoms with Gasteiger partial charge in [-0.25, -0.2) is 4.79 Å². The molecule has 0 spiro atoms. The summed E-state index contributed by atoms with van der Waals surface area (Å²) in [7, 11) is 4.11. The van der Waals surface area contributed by atoms with Crippen LogP contribution in [0.3, 0.4) is 0 Å². The first-order valence-corrected chi connectivity index (χ1v) is 8.98. The number of hydrogen-bond donors (Lipinski definition) is 2. The largest absolute Gasteiger partial charge is 0.389 e. The van der Waals surface area contributed by atoms with Gasteiger partial charge in [0, 0.05) is 44.8 Å². The van der Waals surface area contributed by atoms with E-state index in [1.54, 1.807) is 0 Å². The average Bonchev–Trinajstić information content (AvgIpc) is 2.34. The van der Waals surface area contributed by atoms with Crippen molar-refractivity contribution >= 4 is 6.03 Å². The third-order valence-electron chi connectivity index (χ3n) is 4.82. The summed E-state index contributed by atoms with van der Waals surface area (Å²) in [5.74, 6) is 0. The predicted molar refractivity (Wildman–Crippen MR) is 99.2 cm³/mol. The third kappa shape index (κ3) is 6.57. The van der Waals surface area contributed by atoms with Gasteiger partial charge in [0.25, 0.3) is 0 Å². The maximum Gasteiger partial charge on any atom is 0.317 e. The first-order chi connectivity index (χ1) is 10.8. The molecule has 1 saturated heterocycles. The van der Waals surface area contributed by atoms with Gasteiger partial charge in [-0.15, -0.1) is 0 Å². The molecule has 1 fully saturated rings. The number of aliphatic hydroxyl groups is 1. The molecule has 142 valence electrons. The molecule has 0 radical (unpaired) electrons. The number of nitrogens with one attached hydrogen (secondary N) is 1. The molecule has 0 bridgehead atoms. The van der Waals surface area contributed by atoms with Crippen molar-refractivity contribution in [1.29, 1.82) is 0 Å². The minimum absolute atomic E-state index is 0.00509. The third-order valence-corrected chi connectivity index (χ3v) is 4.82. The number of β-amino-alcohol motifs (C(OH)–C–C–N with tert-alkyl or cyclic N) is 1. The number of urea groups is 1. The van der Waals surface area contributed by atoms with Gasteiger partial charge in [0.2, 0.25) is 0 Å². The molecule has 1 heterocycles. The van der Waals surface area contributed by atoms with E-state index in [9.17, 15) is 9.90 Å². The van der Waals surface area contributed by atoms with E-state index in [1.165, 1.54) is 0 Å². The lowest BCUT2D eigenvalue weighted by Crippen LogP contribution is -2.60. The van der Waals surface area contributed by atoms with E-state index < -0.39 is 5.60 Å². The topological polar surface area (TPSA) is 59.1 Å². The van der Waals surface area contributed by atoms with Gasteiger partial charge in [-0.1, -0.05) is 13.8 Å².